The second-order valence-corrected chi connectivity index (χ2v) is 4.22. The van der Waals surface area contributed by atoms with Crippen LogP contribution in [0.1, 0.15) is 28.9 Å². The fourth-order valence-electron chi connectivity index (χ4n) is 1.81. The van der Waals surface area contributed by atoms with Gasteiger partial charge in [0.25, 0.3) is 0 Å². The number of ether oxygens (including phenoxy) is 2. The molecule has 0 spiro atoms. The topological polar surface area (TPSA) is 35.5 Å². The van der Waals surface area contributed by atoms with E-state index in [4.69, 9.17) is 9.47 Å². The third-order valence-electron chi connectivity index (χ3n) is 2.89. The molecule has 0 saturated carbocycles. The van der Waals surface area contributed by atoms with Gasteiger partial charge in [-0.2, -0.15) is 0 Å². The molecule has 0 heterocycles. The molecular formula is C16H16O3. The number of hydrogen-bond donors (Lipinski definition) is 0. The Morgan fingerprint density at radius 1 is 1.05 bits per heavy atom. The predicted molar refractivity (Wildman–Crippen MR) is 73.9 cm³/mol. The molecule has 19 heavy (non-hydrogen) atoms. The smallest absolute Gasteiger partial charge is 0.150 e. The van der Waals surface area contributed by atoms with Crippen molar-refractivity contribution in [1.29, 1.82) is 0 Å². The highest BCUT2D eigenvalue weighted by Crippen LogP contribution is 2.23. The molecule has 2 aromatic carbocycles. The highest BCUT2D eigenvalue weighted by molar-refractivity contribution is 5.75. The van der Waals surface area contributed by atoms with Crippen molar-refractivity contribution in [2.45, 2.75) is 13.0 Å². The van der Waals surface area contributed by atoms with Crippen molar-refractivity contribution in [1.82, 2.24) is 0 Å². The van der Waals surface area contributed by atoms with Crippen LogP contribution in [0.15, 0.2) is 48.5 Å². The second-order valence-electron chi connectivity index (χ2n) is 4.22. The van der Waals surface area contributed by atoms with Crippen molar-refractivity contribution < 1.29 is 14.3 Å². The summed E-state index contributed by atoms with van der Waals surface area (Å²) in [6.45, 7) is 1.97. The first-order valence-electron chi connectivity index (χ1n) is 6.09. The Hall–Kier alpha value is -2.29. The number of aldehydes is 1. The third-order valence-corrected chi connectivity index (χ3v) is 2.89. The zero-order valence-electron chi connectivity index (χ0n) is 11.0. The average molecular weight is 256 g/mol. The van der Waals surface area contributed by atoms with Gasteiger partial charge in [0.05, 0.1) is 7.11 Å². The number of hydrogen-bond acceptors (Lipinski definition) is 3. The van der Waals surface area contributed by atoms with Crippen LogP contribution in [-0.4, -0.2) is 13.4 Å². The van der Waals surface area contributed by atoms with Crippen molar-refractivity contribution in [2.75, 3.05) is 7.11 Å². The minimum absolute atomic E-state index is 0.0900. The minimum atomic E-state index is -0.0900. The first-order chi connectivity index (χ1) is 9.22. The monoisotopic (exact) mass is 256 g/mol. The van der Waals surface area contributed by atoms with E-state index in [1.54, 1.807) is 25.3 Å². The summed E-state index contributed by atoms with van der Waals surface area (Å²) < 4.78 is 10.9. The highest BCUT2D eigenvalue weighted by Gasteiger charge is 2.07. The van der Waals surface area contributed by atoms with Crippen molar-refractivity contribution in [3.05, 3.63) is 59.7 Å². The minimum Gasteiger partial charge on any atom is -0.497 e. The summed E-state index contributed by atoms with van der Waals surface area (Å²) >= 11 is 0. The van der Waals surface area contributed by atoms with Gasteiger partial charge in [-0.25, -0.2) is 0 Å². The summed E-state index contributed by atoms with van der Waals surface area (Å²) in [5.41, 5.74) is 1.66. The van der Waals surface area contributed by atoms with E-state index in [1.807, 2.05) is 37.3 Å². The molecule has 0 amide bonds. The Bertz CT molecular complexity index is 546. The third kappa shape index (κ3) is 3.35. The molecule has 0 aromatic heterocycles. The van der Waals surface area contributed by atoms with E-state index in [1.165, 1.54) is 0 Å². The normalized spacial score (nSPS) is 11.7. The average Bonchev–Trinajstić information content (AvgIpc) is 2.47. The Balaban J connectivity index is 2.10. The maximum absolute atomic E-state index is 10.7. The lowest BCUT2D eigenvalue weighted by Crippen LogP contribution is -2.03. The molecule has 0 saturated heterocycles. The molecule has 0 bridgehead atoms. The first-order valence-corrected chi connectivity index (χ1v) is 6.09. The van der Waals surface area contributed by atoms with Crippen LogP contribution < -0.4 is 9.47 Å². The molecule has 2 rings (SSSR count). The summed E-state index contributed by atoms with van der Waals surface area (Å²) in [5.74, 6) is 1.51. The maximum atomic E-state index is 10.7. The first kappa shape index (κ1) is 13.1. The van der Waals surface area contributed by atoms with Crippen molar-refractivity contribution in [3.8, 4) is 11.5 Å². The fourth-order valence-corrected chi connectivity index (χ4v) is 1.81. The maximum Gasteiger partial charge on any atom is 0.150 e. The van der Waals surface area contributed by atoms with Gasteiger partial charge >= 0.3 is 0 Å². The van der Waals surface area contributed by atoms with E-state index in [2.05, 4.69) is 0 Å². The molecule has 0 aliphatic carbocycles. The number of carbonyl (C=O) groups is 1. The quantitative estimate of drug-likeness (QED) is 0.766. The van der Waals surface area contributed by atoms with Gasteiger partial charge in [0.1, 0.15) is 23.9 Å². The summed E-state index contributed by atoms with van der Waals surface area (Å²) in [7, 11) is 1.64. The molecule has 0 fully saturated rings. The molecule has 98 valence electrons. The van der Waals surface area contributed by atoms with Gasteiger partial charge in [-0.1, -0.05) is 24.3 Å². The zero-order chi connectivity index (χ0) is 13.7. The van der Waals surface area contributed by atoms with Gasteiger partial charge < -0.3 is 9.47 Å². The lowest BCUT2D eigenvalue weighted by molar-refractivity contribution is 0.112. The van der Waals surface area contributed by atoms with Crippen molar-refractivity contribution >= 4 is 6.29 Å². The Kier molecular flexibility index (Phi) is 4.18. The molecule has 0 N–H and O–H groups in total. The van der Waals surface area contributed by atoms with Gasteiger partial charge in [0, 0.05) is 5.56 Å². The van der Waals surface area contributed by atoms with Crippen LogP contribution in [0.25, 0.3) is 0 Å². The Labute approximate surface area is 112 Å². The summed E-state index contributed by atoms with van der Waals surface area (Å²) in [5, 5.41) is 0. The van der Waals surface area contributed by atoms with Crippen LogP contribution in [0.2, 0.25) is 0 Å². The molecule has 2 aromatic rings. The molecular weight excluding hydrogens is 240 g/mol. The summed E-state index contributed by atoms with van der Waals surface area (Å²) in [6.07, 6.45) is 0.720. The van der Waals surface area contributed by atoms with Crippen LogP contribution >= 0.6 is 0 Å². The molecule has 0 radical (unpaired) electrons. The lowest BCUT2D eigenvalue weighted by atomic mass is 10.1. The number of rotatable bonds is 5. The van der Waals surface area contributed by atoms with Gasteiger partial charge in [-0.15, -0.1) is 0 Å². The molecule has 1 atom stereocenters. The van der Waals surface area contributed by atoms with E-state index in [0.717, 1.165) is 17.6 Å². The number of benzene rings is 2. The molecule has 3 heteroatoms. The van der Waals surface area contributed by atoms with Crippen molar-refractivity contribution in [2.24, 2.45) is 0 Å². The summed E-state index contributed by atoms with van der Waals surface area (Å²) in [6, 6.07) is 14.9. The van der Waals surface area contributed by atoms with E-state index >= 15 is 0 Å². The largest absolute Gasteiger partial charge is 0.497 e. The standard InChI is InChI=1S/C16H16O3/c1-12(14-6-8-15(18-2)9-7-14)19-16-5-3-4-13(10-16)11-17/h3-12H,1-2H3. The molecule has 3 nitrogen and oxygen atoms in total. The number of methoxy groups -OCH3 is 1. The van der Waals surface area contributed by atoms with Gasteiger partial charge in [0.15, 0.2) is 0 Å². The van der Waals surface area contributed by atoms with Crippen molar-refractivity contribution in [3.63, 3.8) is 0 Å². The van der Waals surface area contributed by atoms with Crippen LogP contribution in [-0.2, 0) is 0 Å². The van der Waals surface area contributed by atoms with E-state index in [0.29, 0.717) is 11.3 Å². The van der Waals surface area contributed by atoms with Crippen LogP contribution in [0.3, 0.4) is 0 Å². The fraction of sp³-hybridized carbons (Fsp3) is 0.188. The summed E-state index contributed by atoms with van der Waals surface area (Å²) in [4.78, 5) is 10.7. The second kappa shape index (κ2) is 6.05. The van der Waals surface area contributed by atoms with E-state index in [-0.39, 0.29) is 6.10 Å². The number of carbonyl (C=O) groups excluding carboxylic acids is 1. The Morgan fingerprint density at radius 2 is 1.79 bits per heavy atom. The van der Waals surface area contributed by atoms with Crippen LogP contribution in [0.4, 0.5) is 0 Å². The van der Waals surface area contributed by atoms with Crippen LogP contribution in [0.5, 0.6) is 11.5 Å². The predicted octanol–water partition coefficient (Wildman–Crippen LogP) is 3.65. The molecule has 0 aliphatic rings. The van der Waals surface area contributed by atoms with Crippen LogP contribution in [0, 0.1) is 0 Å². The van der Waals surface area contributed by atoms with Gasteiger partial charge in [-0.05, 0) is 36.8 Å². The Morgan fingerprint density at radius 3 is 2.42 bits per heavy atom. The molecule has 1 unspecified atom stereocenters. The van der Waals surface area contributed by atoms with E-state index < -0.39 is 0 Å². The zero-order valence-corrected chi connectivity index (χ0v) is 11.0. The lowest BCUT2D eigenvalue weighted by Gasteiger charge is -2.15. The van der Waals surface area contributed by atoms with E-state index in [9.17, 15) is 4.79 Å². The SMILES string of the molecule is COc1ccc(C(C)Oc2cccc(C=O)c2)cc1. The van der Waals surface area contributed by atoms with Gasteiger partial charge in [0.2, 0.25) is 0 Å². The highest BCUT2D eigenvalue weighted by atomic mass is 16.5. The van der Waals surface area contributed by atoms with Gasteiger partial charge in [-0.3, -0.25) is 4.79 Å². The molecule has 0 aliphatic heterocycles.